The van der Waals surface area contributed by atoms with Gasteiger partial charge in [-0.2, -0.15) is 0 Å². The fraction of sp³-hybridized carbons (Fsp3) is 0.600. The Bertz CT molecular complexity index is 435. The van der Waals surface area contributed by atoms with Crippen LogP contribution in [0.2, 0.25) is 0 Å². The van der Waals surface area contributed by atoms with Crippen LogP contribution in [0, 0.1) is 0 Å². The van der Waals surface area contributed by atoms with Crippen LogP contribution in [-0.2, 0) is 0 Å². The van der Waals surface area contributed by atoms with Crippen LogP contribution in [0.25, 0.3) is 0 Å². The van der Waals surface area contributed by atoms with Crippen molar-refractivity contribution < 1.29 is 0 Å². The average Bonchev–Trinajstić information content (AvgIpc) is 2.99. The highest BCUT2D eigenvalue weighted by Crippen LogP contribution is 2.44. The molecule has 1 unspecified atom stereocenters. The Morgan fingerprint density at radius 2 is 2.32 bits per heavy atom. The predicted octanol–water partition coefficient (Wildman–Crippen LogP) is 3.48. The van der Waals surface area contributed by atoms with Crippen LogP contribution < -0.4 is 15.5 Å². The molecule has 104 valence electrons. The number of unbranched alkanes of at least 4 members (excludes halogenated alkanes) is 3. The second-order valence-corrected chi connectivity index (χ2v) is 6.41. The Labute approximate surface area is 120 Å². The number of anilines is 2. The van der Waals surface area contributed by atoms with E-state index in [0.717, 1.165) is 19.6 Å². The van der Waals surface area contributed by atoms with Gasteiger partial charge in [0.05, 0.1) is 5.69 Å². The zero-order chi connectivity index (χ0) is 13.1. The highest BCUT2D eigenvalue weighted by atomic mass is 32.2. The molecule has 1 saturated heterocycles. The van der Waals surface area contributed by atoms with Crippen molar-refractivity contribution in [1.82, 2.24) is 5.32 Å². The average molecular weight is 277 g/mol. The molecule has 2 aliphatic heterocycles. The normalized spacial score (nSPS) is 20.5. The summed E-state index contributed by atoms with van der Waals surface area (Å²) in [5, 5.41) is 7.08. The zero-order valence-electron chi connectivity index (χ0n) is 11.6. The van der Waals surface area contributed by atoms with Crippen molar-refractivity contribution in [3.8, 4) is 0 Å². The van der Waals surface area contributed by atoms with Crippen molar-refractivity contribution in [2.24, 2.45) is 0 Å². The first-order valence-electron chi connectivity index (χ1n) is 7.43. The number of nitrogens with zero attached hydrogens (tertiary/aromatic N) is 1. The molecule has 0 saturated carbocycles. The standard InChI is InChI=1S/C15H23N3S/c1-2-3-4-5-8-16-12-6-7-14-13(11-12)18-10-9-17-15(18)19-14/h6-7,11,15-17H,2-5,8-10H2,1H3. The first-order valence-corrected chi connectivity index (χ1v) is 8.31. The maximum atomic E-state index is 3.56. The molecule has 3 rings (SSSR count). The molecule has 19 heavy (non-hydrogen) atoms. The molecule has 0 bridgehead atoms. The van der Waals surface area contributed by atoms with E-state index in [0.29, 0.717) is 5.50 Å². The van der Waals surface area contributed by atoms with E-state index in [9.17, 15) is 0 Å². The Morgan fingerprint density at radius 3 is 3.21 bits per heavy atom. The van der Waals surface area contributed by atoms with E-state index >= 15 is 0 Å². The van der Waals surface area contributed by atoms with Crippen molar-refractivity contribution in [3.63, 3.8) is 0 Å². The third-order valence-corrected chi connectivity index (χ3v) is 5.06. The number of hydrogen-bond donors (Lipinski definition) is 2. The quantitative estimate of drug-likeness (QED) is 0.779. The number of hydrogen-bond acceptors (Lipinski definition) is 4. The molecule has 1 atom stereocenters. The van der Waals surface area contributed by atoms with E-state index in [-0.39, 0.29) is 0 Å². The third-order valence-electron chi connectivity index (χ3n) is 3.82. The maximum Gasteiger partial charge on any atom is 0.133 e. The van der Waals surface area contributed by atoms with Crippen molar-refractivity contribution in [1.29, 1.82) is 0 Å². The minimum Gasteiger partial charge on any atom is -0.385 e. The molecule has 2 heterocycles. The van der Waals surface area contributed by atoms with Crippen LogP contribution in [0.3, 0.4) is 0 Å². The van der Waals surface area contributed by atoms with Gasteiger partial charge in [-0.15, -0.1) is 0 Å². The van der Waals surface area contributed by atoms with Gasteiger partial charge in [0.1, 0.15) is 5.50 Å². The molecule has 0 aromatic heterocycles. The Balaban J connectivity index is 1.58. The van der Waals surface area contributed by atoms with Gasteiger partial charge in [0.2, 0.25) is 0 Å². The summed E-state index contributed by atoms with van der Waals surface area (Å²) in [5.74, 6) is 0. The minimum absolute atomic E-state index is 0.467. The molecule has 1 fully saturated rings. The summed E-state index contributed by atoms with van der Waals surface area (Å²) in [6.07, 6.45) is 5.26. The van der Waals surface area contributed by atoms with Crippen molar-refractivity contribution in [3.05, 3.63) is 18.2 Å². The van der Waals surface area contributed by atoms with Gasteiger partial charge in [-0.05, 0) is 24.6 Å². The summed E-state index contributed by atoms with van der Waals surface area (Å²) >= 11 is 1.94. The Morgan fingerprint density at radius 1 is 1.37 bits per heavy atom. The minimum atomic E-state index is 0.467. The molecule has 0 aliphatic carbocycles. The molecule has 0 amide bonds. The molecule has 3 nitrogen and oxygen atoms in total. The van der Waals surface area contributed by atoms with Crippen molar-refractivity contribution in [2.75, 3.05) is 29.9 Å². The number of rotatable bonds is 6. The lowest BCUT2D eigenvalue weighted by Crippen LogP contribution is -2.28. The highest BCUT2D eigenvalue weighted by Gasteiger charge is 2.33. The smallest absolute Gasteiger partial charge is 0.133 e. The highest BCUT2D eigenvalue weighted by molar-refractivity contribution is 8.00. The number of benzene rings is 1. The van der Waals surface area contributed by atoms with E-state index in [2.05, 4.69) is 40.7 Å². The van der Waals surface area contributed by atoms with E-state index in [1.807, 2.05) is 11.8 Å². The SMILES string of the molecule is CCCCCCNc1ccc2c(c1)N1CCNC1S2. The second kappa shape index (κ2) is 6.06. The molecular weight excluding hydrogens is 254 g/mol. The van der Waals surface area contributed by atoms with Crippen LogP contribution in [0.5, 0.6) is 0 Å². The molecular formula is C15H23N3S. The summed E-state index contributed by atoms with van der Waals surface area (Å²) in [6.45, 7) is 5.58. The lowest BCUT2D eigenvalue weighted by Gasteiger charge is -2.17. The van der Waals surface area contributed by atoms with Crippen LogP contribution in [0.4, 0.5) is 11.4 Å². The molecule has 1 aromatic carbocycles. The Hall–Kier alpha value is -0.870. The van der Waals surface area contributed by atoms with Crippen LogP contribution >= 0.6 is 11.8 Å². The maximum absolute atomic E-state index is 3.56. The molecule has 0 radical (unpaired) electrons. The number of nitrogens with one attached hydrogen (secondary N) is 2. The third kappa shape index (κ3) is 2.84. The number of fused-ring (bicyclic) bond motifs is 3. The molecule has 2 aliphatic rings. The van der Waals surface area contributed by atoms with Crippen molar-refractivity contribution in [2.45, 2.75) is 43.0 Å². The van der Waals surface area contributed by atoms with E-state index in [4.69, 9.17) is 0 Å². The molecule has 0 spiro atoms. The Kier molecular flexibility index (Phi) is 4.18. The first kappa shape index (κ1) is 13.1. The van der Waals surface area contributed by atoms with E-state index < -0.39 is 0 Å². The van der Waals surface area contributed by atoms with Gasteiger partial charge >= 0.3 is 0 Å². The lowest BCUT2D eigenvalue weighted by atomic mass is 10.2. The van der Waals surface area contributed by atoms with Crippen LogP contribution in [0.15, 0.2) is 23.1 Å². The van der Waals surface area contributed by atoms with E-state index in [1.165, 1.54) is 42.0 Å². The van der Waals surface area contributed by atoms with Gasteiger partial charge in [-0.3, -0.25) is 5.32 Å². The fourth-order valence-corrected chi connectivity index (χ4v) is 3.98. The summed E-state index contributed by atoms with van der Waals surface area (Å²) < 4.78 is 0. The predicted molar refractivity (Wildman–Crippen MR) is 84.1 cm³/mol. The summed E-state index contributed by atoms with van der Waals surface area (Å²) in [6, 6.07) is 6.79. The summed E-state index contributed by atoms with van der Waals surface area (Å²) in [7, 11) is 0. The zero-order valence-corrected chi connectivity index (χ0v) is 12.4. The topological polar surface area (TPSA) is 27.3 Å². The van der Waals surface area contributed by atoms with Gasteiger partial charge in [0.15, 0.2) is 0 Å². The van der Waals surface area contributed by atoms with E-state index in [1.54, 1.807) is 0 Å². The van der Waals surface area contributed by atoms with Gasteiger partial charge in [-0.1, -0.05) is 37.9 Å². The van der Waals surface area contributed by atoms with Gasteiger partial charge in [0.25, 0.3) is 0 Å². The first-order chi connectivity index (χ1) is 9.38. The molecule has 4 heteroatoms. The van der Waals surface area contributed by atoms with Crippen molar-refractivity contribution >= 4 is 23.1 Å². The molecule has 1 aromatic rings. The summed E-state index contributed by atoms with van der Waals surface area (Å²) in [4.78, 5) is 3.89. The van der Waals surface area contributed by atoms with Gasteiger partial charge in [-0.25, -0.2) is 0 Å². The summed E-state index contributed by atoms with van der Waals surface area (Å²) in [5.41, 5.74) is 3.14. The van der Waals surface area contributed by atoms with Crippen LogP contribution in [0.1, 0.15) is 32.6 Å². The monoisotopic (exact) mass is 277 g/mol. The largest absolute Gasteiger partial charge is 0.385 e. The lowest BCUT2D eigenvalue weighted by molar-refractivity contribution is 0.685. The van der Waals surface area contributed by atoms with Gasteiger partial charge in [0, 0.05) is 30.2 Å². The van der Waals surface area contributed by atoms with Crippen LogP contribution in [-0.4, -0.2) is 25.1 Å². The number of thioether (sulfide) groups is 1. The molecule has 2 N–H and O–H groups in total. The second-order valence-electron chi connectivity index (χ2n) is 5.29. The van der Waals surface area contributed by atoms with Gasteiger partial charge < -0.3 is 10.2 Å². The fourth-order valence-electron chi connectivity index (χ4n) is 2.74.